The number of hydrogen-bond donors (Lipinski definition) is 3. The van der Waals surface area contributed by atoms with Crippen LogP contribution in [0.5, 0.6) is 0 Å². The van der Waals surface area contributed by atoms with E-state index in [2.05, 4.69) is 5.32 Å². The van der Waals surface area contributed by atoms with E-state index in [4.69, 9.17) is 10.2 Å². The van der Waals surface area contributed by atoms with Crippen LogP contribution < -0.4 is 5.32 Å². The topological polar surface area (TPSA) is 89.9 Å². The monoisotopic (exact) mass is 274 g/mol. The number of urea groups is 1. The summed E-state index contributed by atoms with van der Waals surface area (Å²) in [5.74, 6) is -1.59. The number of carbonyl (C=O) groups excluding carboxylic acids is 1. The van der Waals surface area contributed by atoms with Gasteiger partial charge in [0.15, 0.2) is 0 Å². The smallest absolute Gasteiger partial charge is 0.317 e. The van der Waals surface area contributed by atoms with Crippen molar-refractivity contribution in [2.24, 2.45) is 5.92 Å². The van der Waals surface area contributed by atoms with Gasteiger partial charge in [-0.05, 0) is 26.7 Å². The third-order valence-corrected chi connectivity index (χ3v) is 3.48. The minimum Gasteiger partial charge on any atom is -0.481 e. The predicted molar refractivity (Wildman–Crippen MR) is 73.0 cm³/mol. The Balaban J connectivity index is 4.68. The fourth-order valence-electron chi connectivity index (χ4n) is 1.90. The number of aliphatic carboxylic acids is 1. The second-order valence-corrected chi connectivity index (χ2v) is 4.75. The van der Waals surface area contributed by atoms with Crippen LogP contribution in [0.1, 0.15) is 40.5 Å². The zero-order chi connectivity index (χ0) is 15.0. The molecule has 2 atom stereocenters. The van der Waals surface area contributed by atoms with Crippen molar-refractivity contribution >= 4 is 12.0 Å². The zero-order valence-electron chi connectivity index (χ0n) is 12.2. The Morgan fingerprint density at radius 2 is 1.74 bits per heavy atom. The minimum absolute atomic E-state index is 0.0551. The number of aliphatic hydroxyl groups excluding tert-OH is 1. The van der Waals surface area contributed by atoms with Crippen molar-refractivity contribution in [3.8, 4) is 0 Å². The van der Waals surface area contributed by atoms with Crippen LogP contribution in [-0.4, -0.2) is 52.3 Å². The molecule has 112 valence electrons. The van der Waals surface area contributed by atoms with E-state index in [1.165, 1.54) is 0 Å². The predicted octanol–water partition coefficient (Wildman–Crippen LogP) is 1.29. The number of aliphatic hydroxyl groups is 1. The van der Waals surface area contributed by atoms with E-state index in [1.54, 1.807) is 18.7 Å². The van der Waals surface area contributed by atoms with Gasteiger partial charge in [0.25, 0.3) is 0 Å². The summed E-state index contributed by atoms with van der Waals surface area (Å²) in [6.45, 7) is 7.34. The molecule has 2 unspecified atom stereocenters. The van der Waals surface area contributed by atoms with Crippen LogP contribution in [0.3, 0.4) is 0 Å². The van der Waals surface area contributed by atoms with Crippen LogP contribution in [0.4, 0.5) is 4.79 Å². The van der Waals surface area contributed by atoms with E-state index in [0.717, 1.165) is 12.8 Å². The van der Waals surface area contributed by atoms with Gasteiger partial charge in [0, 0.05) is 18.6 Å². The molecule has 0 aromatic carbocycles. The van der Waals surface area contributed by atoms with E-state index in [9.17, 15) is 9.59 Å². The van der Waals surface area contributed by atoms with Gasteiger partial charge in [-0.1, -0.05) is 13.8 Å². The molecule has 0 fully saturated rings. The number of carbonyl (C=O) groups is 2. The molecule has 0 saturated carbocycles. The highest BCUT2D eigenvalue weighted by Gasteiger charge is 2.25. The molecule has 2 amide bonds. The Morgan fingerprint density at radius 1 is 1.21 bits per heavy atom. The number of nitrogens with zero attached hydrogens (tertiary/aromatic N) is 1. The maximum atomic E-state index is 12.1. The fraction of sp³-hybridized carbons (Fsp3) is 0.846. The highest BCUT2D eigenvalue weighted by Crippen LogP contribution is 2.10. The molecular formula is C13H26N2O4. The van der Waals surface area contributed by atoms with Crippen LogP contribution in [0.2, 0.25) is 0 Å². The molecule has 6 nitrogen and oxygen atoms in total. The number of carboxylic acids is 1. The van der Waals surface area contributed by atoms with Crippen LogP contribution in [0.25, 0.3) is 0 Å². The van der Waals surface area contributed by atoms with Gasteiger partial charge < -0.3 is 20.4 Å². The molecule has 0 spiro atoms. The van der Waals surface area contributed by atoms with Gasteiger partial charge in [-0.2, -0.15) is 0 Å². The molecular weight excluding hydrogens is 248 g/mol. The first-order valence-corrected chi connectivity index (χ1v) is 6.79. The molecule has 19 heavy (non-hydrogen) atoms. The van der Waals surface area contributed by atoms with Gasteiger partial charge in [-0.25, -0.2) is 4.79 Å². The molecule has 0 aliphatic carbocycles. The molecule has 0 aromatic rings. The van der Waals surface area contributed by atoms with Gasteiger partial charge in [0.1, 0.15) is 0 Å². The van der Waals surface area contributed by atoms with Crippen molar-refractivity contribution in [3.63, 3.8) is 0 Å². The molecule has 0 aliphatic rings. The van der Waals surface area contributed by atoms with Crippen LogP contribution in [-0.2, 0) is 4.79 Å². The highest BCUT2D eigenvalue weighted by molar-refractivity contribution is 5.76. The van der Waals surface area contributed by atoms with E-state index in [1.807, 2.05) is 13.8 Å². The third kappa shape index (κ3) is 5.46. The minimum atomic E-state index is -0.941. The number of hydrogen-bond acceptors (Lipinski definition) is 3. The van der Waals surface area contributed by atoms with Crippen molar-refractivity contribution in [1.82, 2.24) is 10.2 Å². The lowest BCUT2D eigenvalue weighted by atomic mass is 10.0. The van der Waals surface area contributed by atoms with Crippen LogP contribution in [0, 0.1) is 5.92 Å². The van der Waals surface area contributed by atoms with Crippen LogP contribution >= 0.6 is 0 Å². The summed E-state index contributed by atoms with van der Waals surface area (Å²) in [7, 11) is 0. The number of rotatable bonds is 8. The first kappa shape index (κ1) is 17.7. The molecule has 0 saturated heterocycles. The summed E-state index contributed by atoms with van der Waals surface area (Å²) in [5.41, 5.74) is 0. The Labute approximate surface area is 114 Å². The average Bonchev–Trinajstić information content (AvgIpc) is 2.37. The van der Waals surface area contributed by atoms with Gasteiger partial charge in [-0.15, -0.1) is 0 Å². The summed E-state index contributed by atoms with van der Waals surface area (Å²) in [6, 6.07) is -0.719. The van der Waals surface area contributed by atoms with E-state index in [-0.39, 0.29) is 25.2 Å². The summed E-state index contributed by atoms with van der Waals surface area (Å²) < 4.78 is 0. The van der Waals surface area contributed by atoms with Crippen LogP contribution in [0.15, 0.2) is 0 Å². The fourth-order valence-corrected chi connectivity index (χ4v) is 1.90. The second kappa shape index (κ2) is 8.74. The Hall–Kier alpha value is -1.30. The standard InChI is InChI=1S/C13H26N2O4/c1-5-11(6-2)15(7-8-16)13(19)14-10(4)9(3)12(17)18/h9-11,16H,5-8H2,1-4H3,(H,14,19)(H,17,18). The Morgan fingerprint density at radius 3 is 2.11 bits per heavy atom. The quantitative estimate of drug-likeness (QED) is 0.622. The molecule has 0 bridgehead atoms. The van der Waals surface area contributed by atoms with Crippen molar-refractivity contribution in [2.75, 3.05) is 13.2 Å². The van der Waals surface area contributed by atoms with Gasteiger partial charge in [0.05, 0.1) is 12.5 Å². The van der Waals surface area contributed by atoms with E-state index >= 15 is 0 Å². The maximum absolute atomic E-state index is 12.1. The SMILES string of the molecule is CCC(CC)N(CCO)C(=O)NC(C)C(C)C(=O)O. The lowest BCUT2D eigenvalue weighted by Gasteiger charge is -2.32. The van der Waals surface area contributed by atoms with Crippen molar-refractivity contribution in [3.05, 3.63) is 0 Å². The lowest BCUT2D eigenvalue weighted by molar-refractivity contribution is -0.141. The van der Waals surface area contributed by atoms with Gasteiger partial charge >= 0.3 is 12.0 Å². The first-order chi connectivity index (χ1) is 8.88. The summed E-state index contributed by atoms with van der Waals surface area (Å²) in [6.07, 6.45) is 1.60. The lowest BCUT2D eigenvalue weighted by Crippen LogP contribution is -2.51. The molecule has 6 heteroatoms. The Kier molecular flexibility index (Phi) is 8.14. The Bertz CT molecular complexity index is 292. The highest BCUT2D eigenvalue weighted by atomic mass is 16.4. The maximum Gasteiger partial charge on any atom is 0.317 e. The average molecular weight is 274 g/mol. The van der Waals surface area contributed by atoms with Crippen molar-refractivity contribution < 1.29 is 19.8 Å². The number of carboxylic acid groups (broad SMARTS) is 1. The third-order valence-electron chi connectivity index (χ3n) is 3.48. The van der Waals surface area contributed by atoms with Crippen molar-refractivity contribution in [2.45, 2.75) is 52.6 Å². The molecule has 0 radical (unpaired) electrons. The van der Waals surface area contributed by atoms with Gasteiger partial charge in [0.2, 0.25) is 0 Å². The largest absolute Gasteiger partial charge is 0.481 e. The second-order valence-electron chi connectivity index (χ2n) is 4.75. The summed E-state index contributed by atoms with van der Waals surface area (Å²) in [4.78, 5) is 24.6. The first-order valence-electron chi connectivity index (χ1n) is 6.79. The zero-order valence-corrected chi connectivity index (χ0v) is 12.2. The molecule has 0 heterocycles. The molecule has 0 rings (SSSR count). The van der Waals surface area contributed by atoms with Crippen molar-refractivity contribution in [1.29, 1.82) is 0 Å². The molecule has 3 N–H and O–H groups in total. The number of amides is 2. The van der Waals surface area contributed by atoms with Gasteiger partial charge in [-0.3, -0.25) is 4.79 Å². The molecule has 0 aliphatic heterocycles. The van der Waals surface area contributed by atoms with E-state index < -0.39 is 17.9 Å². The summed E-state index contributed by atoms with van der Waals surface area (Å²) >= 11 is 0. The van der Waals surface area contributed by atoms with E-state index in [0.29, 0.717) is 0 Å². The number of nitrogens with one attached hydrogen (secondary N) is 1. The normalized spacial score (nSPS) is 14.0. The summed E-state index contributed by atoms with van der Waals surface area (Å²) in [5, 5.41) is 20.6. The molecule has 0 aromatic heterocycles.